The van der Waals surface area contributed by atoms with Crippen LogP contribution in [0.2, 0.25) is 0 Å². The van der Waals surface area contributed by atoms with Crippen molar-refractivity contribution >= 4 is 32.1 Å². The van der Waals surface area contributed by atoms with Crippen molar-refractivity contribution < 1.29 is 4.74 Å². The maximum absolute atomic E-state index is 5.78. The molecule has 0 amide bonds. The van der Waals surface area contributed by atoms with Gasteiger partial charge in [0.25, 0.3) is 0 Å². The van der Waals surface area contributed by atoms with Gasteiger partial charge in [-0.25, -0.2) is 9.97 Å². The van der Waals surface area contributed by atoms with Crippen molar-refractivity contribution in [2.24, 2.45) is 0 Å². The molecule has 0 aliphatic heterocycles. The Labute approximate surface area is 145 Å². The molecule has 23 heavy (non-hydrogen) atoms. The fraction of sp³-hybridized carbons (Fsp3) is 0.444. The van der Waals surface area contributed by atoms with Gasteiger partial charge in [0, 0.05) is 27.9 Å². The maximum Gasteiger partial charge on any atom is 0.175 e. The lowest BCUT2D eigenvalue weighted by molar-refractivity contribution is 0.318. The number of aryl methyl sites for hydroxylation is 1. The van der Waals surface area contributed by atoms with Crippen LogP contribution < -0.4 is 4.74 Å². The average molecular weight is 347 g/mol. The quantitative estimate of drug-likeness (QED) is 0.473. The van der Waals surface area contributed by atoms with Crippen LogP contribution in [0.4, 0.5) is 0 Å². The van der Waals surface area contributed by atoms with Crippen LogP contribution in [-0.4, -0.2) is 16.6 Å². The molecule has 0 aromatic carbocycles. The van der Waals surface area contributed by atoms with Crippen LogP contribution in [-0.2, 0) is 6.42 Å². The van der Waals surface area contributed by atoms with E-state index in [4.69, 9.17) is 4.74 Å². The van der Waals surface area contributed by atoms with E-state index < -0.39 is 0 Å². The van der Waals surface area contributed by atoms with Crippen LogP contribution in [0.25, 0.3) is 20.1 Å². The summed E-state index contributed by atoms with van der Waals surface area (Å²) >= 11 is 3.45. The minimum atomic E-state index is 0.805. The molecule has 0 unspecified atom stereocenters. The van der Waals surface area contributed by atoms with Gasteiger partial charge >= 0.3 is 0 Å². The van der Waals surface area contributed by atoms with Crippen molar-refractivity contribution in [2.75, 3.05) is 6.61 Å². The second-order valence-corrected chi connectivity index (χ2v) is 7.76. The fourth-order valence-electron chi connectivity index (χ4n) is 2.30. The van der Waals surface area contributed by atoms with Gasteiger partial charge in [0.2, 0.25) is 0 Å². The van der Waals surface area contributed by atoms with Gasteiger partial charge in [-0.2, -0.15) is 0 Å². The first-order valence-electron chi connectivity index (χ1n) is 8.27. The van der Waals surface area contributed by atoms with Gasteiger partial charge in [0.05, 0.1) is 11.5 Å². The number of aromatic nitrogens is 2. The van der Waals surface area contributed by atoms with E-state index in [0.29, 0.717) is 0 Å². The normalized spacial score (nSPS) is 11.2. The van der Waals surface area contributed by atoms with Gasteiger partial charge in [0.15, 0.2) is 10.9 Å². The lowest BCUT2D eigenvalue weighted by Crippen LogP contribution is -1.93. The van der Waals surface area contributed by atoms with Gasteiger partial charge in [-0.3, -0.25) is 0 Å². The van der Waals surface area contributed by atoms with Gasteiger partial charge in [-0.1, -0.05) is 38.0 Å². The van der Waals surface area contributed by atoms with E-state index in [9.17, 15) is 0 Å². The molecule has 5 heteroatoms. The van der Waals surface area contributed by atoms with Crippen LogP contribution in [0, 0.1) is 0 Å². The maximum atomic E-state index is 5.78. The lowest BCUT2D eigenvalue weighted by Gasteiger charge is -2.01. The zero-order valence-corrected chi connectivity index (χ0v) is 15.3. The molecule has 3 aromatic rings. The molecule has 0 radical (unpaired) electrons. The Morgan fingerprint density at radius 1 is 0.957 bits per heavy atom. The molecule has 3 rings (SSSR count). The zero-order chi connectivity index (χ0) is 16.1. The second kappa shape index (κ2) is 7.88. The summed E-state index contributed by atoms with van der Waals surface area (Å²) in [4.78, 5) is 10.2. The highest BCUT2D eigenvalue weighted by atomic mass is 32.1. The predicted octanol–water partition coefficient (Wildman–Crippen LogP) is 5.94. The number of ether oxygens (including phenoxy) is 1. The number of fused-ring (bicyclic) bond motifs is 1. The first-order chi connectivity index (χ1) is 11.3. The Morgan fingerprint density at radius 3 is 2.39 bits per heavy atom. The monoisotopic (exact) mass is 346 g/mol. The molecular weight excluding hydrogens is 324 g/mol. The molecule has 0 saturated heterocycles. The van der Waals surface area contributed by atoms with Gasteiger partial charge < -0.3 is 4.74 Å². The summed E-state index contributed by atoms with van der Waals surface area (Å²) in [5.74, 6) is 0.826. The molecule has 0 atom stereocenters. The minimum Gasteiger partial charge on any atom is -0.484 e. The number of nitrogens with zero attached hydrogens (tertiary/aromatic N) is 2. The van der Waals surface area contributed by atoms with E-state index in [-0.39, 0.29) is 0 Å². The van der Waals surface area contributed by atoms with Crippen molar-refractivity contribution in [1.29, 1.82) is 0 Å². The molecule has 3 aromatic heterocycles. The van der Waals surface area contributed by atoms with Crippen LogP contribution >= 0.6 is 22.7 Å². The molecule has 0 N–H and O–H groups in total. The minimum absolute atomic E-state index is 0.805. The highest BCUT2D eigenvalue weighted by Crippen LogP contribution is 2.40. The summed E-state index contributed by atoms with van der Waals surface area (Å²) < 4.78 is 8.30. The second-order valence-electron chi connectivity index (χ2n) is 5.63. The Balaban J connectivity index is 1.71. The summed E-state index contributed by atoms with van der Waals surface area (Å²) in [7, 11) is 0. The summed E-state index contributed by atoms with van der Waals surface area (Å²) in [6.07, 6.45) is 9.65. The molecule has 0 bridgehead atoms. The van der Waals surface area contributed by atoms with Crippen LogP contribution in [0.15, 0.2) is 24.5 Å². The molecule has 3 heterocycles. The fourth-order valence-corrected chi connectivity index (χ4v) is 4.51. The molecule has 0 spiro atoms. The summed E-state index contributed by atoms with van der Waals surface area (Å²) in [5.41, 5.74) is 1.22. The molecule has 0 aliphatic rings. The Morgan fingerprint density at radius 2 is 1.70 bits per heavy atom. The Bertz CT molecular complexity index is 715. The molecular formula is C18H22N2OS2. The van der Waals surface area contributed by atoms with E-state index in [0.717, 1.165) is 41.6 Å². The van der Waals surface area contributed by atoms with E-state index >= 15 is 0 Å². The topological polar surface area (TPSA) is 35.0 Å². The van der Waals surface area contributed by atoms with E-state index in [1.165, 1.54) is 27.8 Å². The Kier molecular flexibility index (Phi) is 5.62. The van der Waals surface area contributed by atoms with Crippen LogP contribution in [0.1, 0.15) is 45.1 Å². The van der Waals surface area contributed by atoms with Crippen molar-refractivity contribution in [1.82, 2.24) is 9.97 Å². The highest BCUT2D eigenvalue weighted by molar-refractivity contribution is 7.30. The number of rotatable bonds is 8. The number of hydrogen-bond donors (Lipinski definition) is 0. The summed E-state index contributed by atoms with van der Waals surface area (Å²) in [5, 5.41) is 1.02. The van der Waals surface area contributed by atoms with Crippen molar-refractivity contribution in [3.63, 3.8) is 0 Å². The first-order valence-corrected chi connectivity index (χ1v) is 9.91. The van der Waals surface area contributed by atoms with Gasteiger partial charge in [-0.15, -0.1) is 11.3 Å². The number of hydrogen-bond acceptors (Lipinski definition) is 5. The van der Waals surface area contributed by atoms with Crippen molar-refractivity contribution in [3.05, 3.63) is 30.1 Å². The summed E-state index contributed by atoms with van der Waals surface area (Å²) in [6.45, 7) is 5.18. The molecule has 3 nitrogen and oxygen atoms in total. The third-order valence-corrected chi connectivity index (χ3v) is 5.87. The molecule has 0 fully saturated rings. The Hall–Kier alpha value is -1.46. The largest absolute Gasteiger partial charge is 0.484 e. The van der Waals surface area contributed by atoms with Gasteiger partial charge in [-0.05, 0) is 30.9 Å². The molecule has 0 saturated carbocycles. The third-order valence-electron chi connectivity index (χ3n) is 3.67. The van der Waals surface area contributed by atoms with Crippen molar-refractivity contribution in [2.45, 2.75) is 46.0 Å². The number of unbranched alkanes of at least 4 members (excludes halogenated alkanes) is 2. The SMILES string of the molecule is CCCCOc1cc2sc(-c3ncc(CCCC)cn3)cc2s1. The zero-order valence-electron chi connectivity index (χ0n) is 13.7. The summed E-state index contributed by atoms with van der Waals surface area (Å²) in [6, 6.07) is 4.32. The predicted molar refractivity (Wildman–Crippen MR) is 99.7 cm³/mol. The standard InChI is InChI=1S/C18H22N2OS2/c1-3-5-7-13-11-19-18(20-12-13)16-9-14-15(22-16)10-17(23-14)21-8-6-4-2/h9-12H,3-8H2,1-2H3. The van der Waals surface area contributed by atoms with E-state index in [1.807, 2.05) is 12.4 Å². The smallest absolute Gasteiger partial charge is 0.175 e. The van der Waals surface area contributed by atoms with Crippen LogP contribution in [0.3, 0.4) is 0 Å². The molecule has 0 aliphatic carbocycles. The van der Waals surface area contributed by atoms with E-state index in [2.05, 4.69) is 35.9 Å². The van der Waals surface area contributed by atoms with Gasteiger partial charge in [0.1, 0.15) is 0 Å². The average Bonchev–Trinajstić information content (AvgIpc) is 3.12. The van der Waals surface area contributed by atoms with Crippen LogP contribution in [0.5, 0.6) is 5.06 Å². The van der Waals surface area contributed by atoms with E-state index in [1.54, 1.807) is 22.7 Å². The lowest BCUT2D eigenvalue weighted by atomic mass is 10.1. The third kappa shape index (κ3) is 4.09. The number of thiophene rings is 2. The first kappa shape index (κ1) is 16.4. The highest BCUT2D eigenvalue weighted by Gasteiger charge is 2.11. The molecule has 122 valence electrons. The van der Waals surface area contributed by atoms with Crippen molar-refractivity contribution in [3.8, 4) is 15.8 Å².